The van der Waals surface area contributed by atoms with Gasteiger partial charge in [-0.05, 0) is 19.3 Å². The largest absolute Gasteiger partial charge is 0.469 e. The molecule has 1 saturated heterocycles. The molecule has 8 heteroatoms. The number of hydrogen-bond acceptors (Lipinski definition) is 5. The van der Waals surface area contributed by atoms with E-state index in [0.717, 1.165) is 0 Å². The minimum absolute atomic E-state index is 0.0817. The van der Waals surface area contributed by atoms with Gasteiger partial charge in [-0.1, -0.05) is 0 Å². The van der Waals surface area contributed by atoms with Crippen LogP contribution in [0.4, 0.5) is 0 Å². The summed E-state index contributed by atoms with van der Waals surface area (Å²) in [4.78, 5) is 10.9. The number of methoxy groups -OCH3 is 1. The fourth-order valence-corrected chi connectivity index (χ4v) is 4.42. The van der Waals surface area contributed by atoms with Crippen molar-refractivity contribution in [1.29, 1.82) is 0 Å². The Bertz CT molecular complexity index is 396. The molecular weight excluding hydrogens is 278 g/mol. The van der Waals surface area contributed by atoms with Crippen molar-refractivity contribution in [2.75, 3.05) is 24.4 Å². The Morgan fingerprint density at radius 2 is 2.00 bits per heavy atom. The van der Waals surface area contributed by atoms with Crippen molar-refractivity contribution < 1.29 is 22.2 Å². The molecule has 0 atom stereocenters. The maximum atomic E-state index is 11.7. The lowest BCUT2D eigenvalue weighted by molar-refractivity contribution is -0.140. The monoisotopic (exact) mass is 297 g/mol. The maximum absolute atomic E-state index is 11.7. The van der Waals surface area contributed by atoms with E-state index in [2.05, 4.69) is 9.46 Å². The molecule has 1 heterocycles. The summed E-state index contributed by atoms with van der Waals surface area (Å²) < 4.78 is 41.6. The van der Waals surface area contributed by atoms with E-state index >= 15 is 0 Å². The fraction of sp³-hybridized carbons (Fsp3) is 0.900. The lowest BCUT2D eigenvalue weighted by atomic mass is 10.2. The summed E-state index contributed by atoms with van der Waals surface area (Å²) in [5, 5.41) is 0. The minimum Gasteiger partial charge on any atom is -0.469 e. The molecule has 0 aromatic heterocycles. The second-order valence-electron chi connectivity index (χ2n) is 4.24. The zero-order valence-corrected chi connectivity index (χ0v) is 12.0. The van der Waals surface area contributed by atoms with Gasteiger partial charge in [0.2, 0.25) is 10.0 Å². The van der Waals surface area contributed by atoms with E-state index in [4.69, 9.17) is 0 Å². The van der Waals surface area contributed by atoms with Gasteiger partial charge in [-0.15, -0.1) is 0 Å². The van der Waals surface area contributed by atoms with Gasteiger partial charge in [-0.25, -0.2) is 13.1 Å². The molecule has 0 saturated carbocycles. The van der Waals surface area contributed by atoms with Crippen LogP contribution in [0.2, 0.25) is 0 Å². The summed E-state index contributed by atoms with van der Waals surface area (Å²) >= 11 is 0. The molecule has 106 valence electrons. The molecule has 0 aromatic carbocycles. The van der Waals surface area contributed by atoms with Gasteiger partial charge in [0.15, 0.2) is 0 Å². The number of esters is 1. The van der Waals surface area contributed by atoms with E-state index in [1.165, 1.54) is 7.11 Å². The van der Waals surface area contributed by atoms with Gasteiger partial charge in [0.05, 0.1) is 12.9 Å². The topological polar surface area (TPSA) is 89.5 Å². The molecular formula is C10H19NO5S2. The fourth-order valence-electron chi connectivity index (χ4n) is 1.73. The zero-order chi connectivity index (χ0) is 13.6. The minimum atomic E-state index is -3.36. The molecule has 0 amide bonds. The molecule has 1 aliphatic rings. The summed E-state index contributed by atoms with van der Waals surface area (Å²) in [7, 11) is -2.88. The molecule has 0 spiro atoms. The van der Waals surface area contributed by atoms with Gasteiger partial charge in [-0.3, -0.25) is 9.00 Å². The highest BCUT2D eigenvalue weighted by molar-refractivity contribution is 7.89. The van der Waals surface area contributed by atoms with E-state index in [0.29, 0.717) is 24.3 Å². The molecule has 1 fully saturated rings. The first-order valence-electron chi connectivity index (χ1n) is 5.85. The van der Waals surface area contributed by atoms with E-state index in [9.17, 15) is 17.4 Å². The Kier molecular flexibility index (Phi) is 6.24. The second-order valence-corrected chi connectivity index (χ2v) is 7.81. The van der Waals surface area contributed by atoms with E-state index in [1.807, 2.05) is 0 Å². The lowest BCUT2D eigenvalue weighted by Crippen LogP contribution is -2.40. The van der Waals surface area contributed by atoms with Crippen LogP contribution in [0.5, 0.6) is 0 Å². The molecule has 0 radical (unpaired) electrons. The summed E-state index contributed by atoms with van der Waals surface area (Å²) in [6.45, 7) is 0. The predicted molar refractivity (Wildman–Crippen MR) is 69.1 cm³/mol. The number of nitrogens with one attached hydrogen (secondary N) is 1. The lowest BCUT2D eigenvalue weighted by Gasteiger charge is -2.22. The van der Waals surface area contributed by atoms with Crippen LogP contribution in [0, 0.1) is 0 Å². The van der Waals surface area contributed by atoms with Gasteiger partial charge in [0.25, 0.3) is 0 Å². The van der Waals surface area contributed by atoms with Crippen LogP contribution < -0.4 is 4.72 Å². The van der Waals surface area contributed by atoms with Gasteiger partial charge < -0.3 is 4.74 Å². The SMILES string of the molecule is COC(=O)CCCS(=O)(=O)NC1CCS(=O)CC1. The molecule has 18 heavy (non-hydrogen) atoms. The Labute approximate surface area is 110 Å². The Morgan fingerprint density at radius 3 is 2.56 bits per heavy atom. The Morgan fingerprint density at radius 1 is 1.39 bits per heavy atom. The number of carbonyl (C=O) groups excluding carboxylic acids is 1. The van der Waals surface area contributed by atoms with Gasteiger partial charge in [-0.2, -0.15) is 0 Å². The molecule has 0 aromatic rings. The number of rotatable bonds is 6. The smallest absolute Gasteiger partial charge is 0.305 e. The molecule has 1 aliphatic heterocycles. The standard InChI is InChI=1S/C10H19NO5S2/c1-16-10(12)3-2-8-18(14,15)11-9-4-6-17(13)7-5-9/h9,11H,2-8H2,1H3. The quantitative estimate of drug-likeness (QED) is 0.684. The van der Waals surface area contributed by atoms with E-state index in [-0.39, 0.29) is 24.6 Å². The Hall–Kier alpha value is -0.470. The van der Waals surface area contributed by atoms with Crippen molar-refractivity contribution in [3.05, 3.63) is 0 Å². The molecule has 6 nitrogen and oxygen atoms in total. The third-order valence-corrected chi connectivity index (χ3v) is 5.66. The van der Waals surface area contributed by atoms with Crippen LogP contribution in [0.15, 0.2) is 0 Å². The predicted octanol–water partition coefficient (Wildman–Crippen LogP) is -0.230. The van der Waals surface area contributed by atoms with Gasteiger partial charge >= 0.3 is 5.97 Å². The third kappa shape index (κ3) is 5.92. The van der Waals surface area contributed by atoms with Crippen LogP contribution in [0.25, 0.3) is 0 Å². The first-order chi connectivity index (χ1) is 8.43. The highest BCUT2D eigenvalue weighted by Crippen LogP contribution is 2.10. The van der Waals surface area contributed by atoms with E-state index in [1.54, 1.807) is 0 Å². The summed E-state index contributed by atoms with van der Waals surface area (Å²) in [5.74, 6) is 0.616. The average Bonchev–Trinajstić information content (AvgIpc) is 2.31. The second kappa shape index (κ2) is 7.20. The third-order valence-electron chi connectivity index (χ3n) is 2.76. The van der Waals surface area contributed by atoms with Crippen LogP contribution in [-0.2, 0) is 30.4 Å². The highest BCUT2D eigenvalue weighted by atomic mass is 32.2. The van der Waals surface area contributed by atoms with Crippen molar-refractivity contribution in [1.82, 2.24) is 4.72 Å². The molecule has 0 bridgehead atoms. The van der Waals surface area contributed by atoms with Crippen LogP contribution in [0.3, 0.4) is 0 Å². The first kappa shape index (κ1) is 15.6. The van der Waals surface area contributed by atoms with Crippen molar-refractivity contribution in [3.63, 3.8) is 0 Å². The highest BCUT2D eigenvalue weighted by Gasteiger charge is 2.22. The van der Waals surface area contributed by atoms with Crippen molar-refractivity contribution in [2.24, 2.45) is 0 Å². The van der Waals surface area contributed by atoms with Crippen molar-refractivity contribution in [3.8, 4) is 0 Å². The number of sulfonamides is 1. The summed E-state index contributed by atoms with van der Waals surface area (Å²) in [5.41, 5.74) is 0. The average molecular weight is 297 g/mol. The zero-order valence-electron chi connectivity index (χ0n) is 10.4. The summed E-state index contributed by atoms with van der Waals surface area (Å²) in [6.07, 6.45) is 1.58. The number of hydrogen-bond donors (Lipinski definition) is 1. The van der Waals surface area contributed by atoms with E-state index < -0.39 is 26.8 Å². The molecule has 1 N–H and O–H groups in total. The first-order valence-corrected chi connectivity index (χ1v) is 8.99. The van der Waals surface area contributed by atoms with Crippen molar-refractivity contribution in [2.45, 2.75) is 31.7 Å². The molecule has 0 unspecified atom stereocenters. The summed E-state index contributed by atoms with van der Waals surface area (Å²) in [6, 6.07) is -0.120. The van der Waals surface area contributed by atoms with Crippen LogP contribution in [-0.4, -0.2) is 49.0 Å². The maximum Gasteiger partial charge on any atom is 0.305 e. The number of carbonyl (C=O) groups is 1. The normalized spacial score (nSPS) is 24.7. The number of ether oxygens (including phenoxy) is 1. The molecule has 0 aliphatic carbocycles. The van der Waals surface area contributed by atoms with Crippen molar-refractivity contribution >= 4 is 26.8 Å². The van der Waals surface area contributed by atoms with Crippen LogP contribution >= 0.6 is 0 Å². The van der Waals surface area contributed by atoms with Crippen LogP contribution in [0.1, 0.15) is 25.7 Å². The Balaban J connectivity index is 2.31. The van der Waals surface area contributed by atoms with Gasteiger partial charge in [0.1, 0.15) is 0 Å². The van der Waals surface area contributed by atoms with Gasteiger partial charge in [0, 0.05) is 34.8 Å². The molecule has 1 rings (SSSR count).